The number of aromatic carboxylic acids is 1. The highest BCUT2D eigenvalue weighted by atomic mass is 35.5. The van der Waals surface area contributed by atoms with Crippen LogP contribution in [0.5, 0.6) is 0 Å². The van der Waals surface area contributed by atoms with Crippen LogP contribution in [-0.4, -0.2) is 17.8 Å². The Morgan fingerprint density at radius 2 is 1.74 bits per heavy atom. The van der Waals surface area contributed by atoms with Crippen LogP contribution >= 0.6 is 11.6 Å². The Hall–Kier alpha value is -3.12. The number of imide groups is 1. The average Bonchev–Trinajstić information content (AvgIpc) is 2.85. The van der Waals surface area contributed by atoms with E-state index in [0.717, 1.165) is 10.5 Å². The minimum Gasteiger partial charge on any atom is -0.545 e. The van der Waals surface area contributed by atoms with Crippen molar-refractivity contribution in [2.75, 3.05) is 10.2 Å². The van der Waals surface area contributed by atoms with Gasteiger partial charge in [-0.05, 0) is 41.3 Å². The van der Waals surface area contributed by atoms with Gasteiger partial charge in [-0.15, -0.1) is 0 Å². The highest BCUT2D eigenvalue weighted by Crippen LogP contribution is 2.31. The van der Waals surface area contributed by atoms with Gasteiger partial charge >= 0.3 is 0 Å². The van der Waals surface area contributed by atoms with Gasteiger partial charge in [-0.1, -0.05) is 49.7 Å². The van der Waals surface area contributed by atoms with Gasteiger partial charge < -0.3 is 15.2 Å². The summed E-state index contributed by atoms with van der Waals surface area (Å²) in [6.07, 6.45) is 0. The summed E-state index contributed by atoms with van der Waals surface area (Å²) in [7, 11) is 0. The standard InChI is InChI=1S/C20H17ClN2O4/c1-11(2)12-6-8-15(9-7-12)23-18(24)16(21)17(19(23)25)22-14-5-3-4-13(10-14)20(26)27/h3-11,22H,1-2H3,(H,26,27)/p-1. The molecule has 0 fully saturated rings. The third-order valence-electron chi connectivity index (χ3n) is 4.21. The Morgan fingerprint density at radius 1 is 1.07 bits per heavy atom. The lowest BCUT2D eigenvalue weighted by Gasteiger charge is -2.16. The van der Waals surface area contributed by atoms with Gasteiger partial charge in [0.15, 0.2) is 0 Å². The zero-order chi connectivity index (χ0) is 19.7. The smallest absolute Gasteiger partial charge is 0.283 e. The van der Waals surface area contributed by atoms with Gasteiger partial charge in [0.05, 0.1) is 11.7 Å². The number of rotatable bonds is 5. The van der Waals surface area contributed by atoms with E-state index >= 15 is 0 Å². The number of carbonyl (C=O) groups is 3. The maximum absolute atomic E-state index is 12.7. The first-order valence-corrected chi connectivity index (χ1v) is 8.64. The van der Waals surface area contributed by atoms with Gasteiger partial charge in [-0.3, -0.25) is 9.59 Å². The minimum absolute atomic E-state index is 0.0605. The van der Waals surface area contributed by atoms with Crippen molar-refractivity contribution < 1.29 is 19.5 Å². The number of nitrogens with one attached hydrogen (secondary N) is 1. The Balaban J connectivity index is 1.88. The second-order valence-corrected chi connectivity index (χ2v) is 6.75. The number of carboxylic acid groups (broad SMARTS) is 1. The van der Waals surface area contributed by atoms with E-state index < -0.39 is 17.8 Å². The van der Waals surface area contributed by atoms with E-state index in [1.807, 2.05) is 26.0 Å². The molecule has 1 aliphatic rings. The quantitative estimate of drug-likeness (QED) is 0.801. The van der Waals surface area contributed by atoms with Crippen LogP contribution in [0.3, 0.4) is 0 Å². The van der Waals surface area contributed by atoms with Crippen LogP contribution in [0.2, 0.25) is 0 Å². The summed E-state index contributed by atoms with van der Waals surface area (Å²) in [5.74, 6) is -2.28. The molecule has 1 N–H and O–H groups in total. The van der Waals surface area contributed by atoms with Crippen molar-refractivity contribution in [2.24, 2.45) is 0 Å². The van der Waals surface area contributed by atoms with E-state index in [-0.39, 0.29) is 16.3 Å². The molecular formula is C20H16ClN2O4-. The summed E-state index contributed by atoms with van der Waals surface area (Å²) >= 11 is 6.08. The van der Waals surface area contributed by atoms with Gasteiger partial charge in [-0.2, -0.15) is 0 Å². The number of nitrogens with zero attached hydrogens (tertiary/aromatic N) is 1. The van der Waals surface area contributed by atoms with Crippen LogP contribution in [0, 0.1) is 0 Å². The summed E-state index contributed by atoms with van der Waals surface area (Å²) in [5.41, 5.74) is 1.63. The summed E-state index contributed by atoms with van der Waals surface area (Å²) in [6, 6.07) is 12.8. The molecule has 0 bridgehead atoms. The summed E-state index contributed by atoms with van der Waals surface area (Å²) in [4.78, 5) is 37.2. The Labute approximate surface area is 161 Å². The fourth-order valence-electron chi connectivity index (χ4n) is 2.72. The highest BCUT2D eigenvalue weighted by Gasteiger charge is 2.38. The van der Waals surface area contributed by atoms with E-state index in [1.165, 1.54) is 18.2 Å². The van der Waals surface area contributed by atoms with Crippen molar-refractivity contribution in [1.82, 2.24) is 0 Å². The lowest BCUT2D eigenvalue weighted by molar-refractivity contribution is -0.255. The maximum atomic E-state index is 12.7. The molecule has 0 radical (unpaired) electrons. The lowest BCUT2D eigenvalue weighted by atomic mass is 10.0. The molecule has 3 rings (SSSR count). The molecule has 0 saturated heterocycles. The highest BCUT2D eigenvalue weighted by molar-refractivity contribution is 6.53. The number of benzene rings is 2. The van der Waals surface area contributed by atoms with Crippen molar-refractivity contribution in [2.45, 2.75) is 19.8 Å². The average molecular weight is 384 g/mol. The van der Waals surface area contributed by atoms with Gasteiger partial charge in [0.2, 0.25) is 0 Å². The topological polar surface area (TPSA) is 89.5 Å². The van der Waals surface area contributed by atoms with E-state index in [4.69, 9.17) is 11.6 Å². The van der Waals surface area contributed by atoms with Crippen molar-refractivity contribution in [3.8, 4) is 0 Å². The van der Waals surface area contributed by atoms with Gasteiger partial charge in [0.25, 0.3) is 11.8 Å². The molecule has 2 amide bonds. The summed E-state index contributed by atoms with van der Waals surface area (Å²) in [6.45, 7) is 4.09. The zero-order valence-corrected chi connectivity index (χ0v) is 15.4. The predicted octanol–water partition coefficient (Wildman–Crippen LogP) is 2.61. The van der Waals surface area contributed by atoms with Crippen LogP contribution < -0.4 is 15.3 Å². The number of carboxylic acids is 1. The molecule has 138 valence electrons. The van der Waals surface area contributed by atoms with Gasteiger partial charge in [0.1, 0.15) is 10.7 Å². The molecule has 0 aromatic heterocycles. The van der Waals surface area contributed by atoms with Gasteiger partial charge in [0, 0.05) is 5.69 Å². The SMILES string of the molecule is CC(C)c1ccc(N2C(=O)C(Cl)=C(Nc3cccc(C(=O)[O-])c3)C2=O)cc1. The summed E-state index contributed by atoms with van der Waals surface area (Å²) in [5, 5.41) is 13.5. The minimum atomic E-state index is -1.35. The van der Waals surface area contributed by atoms with E-state index in [1.54, 1.807) is 18.2 Å². The van der Waals surface area contributed by atoms with Crippen molar-refractivity contribution in [3.63, 3.8) is 0 Å². The first kappa shape index (κ1) is 18.7. The number of hydrogen-bond acceptors (Lipinski definition) is 5. The molecule has 0 atom stereocenters. The fraction of sp³-hybridized carbons (Fsp3) is 0.150. The second-order valence-electron chi connectivity index (χ2n) is 6.37. The van der Waals surface area contributed by atoms with Crippen molar-refractivity contribution in [3.05, 3.63) is 70.4 Å². The third-order valence-corrected chi connectivity index (χ3v) is 4.56. The Morgan fingerprint density at radius 3 is 2.33 bits per heavy atom. The fourth-order valence-corrected chi connectivity index (χ4v) is 2.94. The number of amides is 2. The van der Waals surface area contributed by atoms with Crippen LogP contribution in [-0.2, 0) is 9.59 Å². The molecule has 1 heterocycles. The number of carbonyl (C=O) groups excluding carboxylic acids is 3. The molecule has 0 unspecified atom stereocenters. The van der Waals surface area contributed by atoms with Crippen LogP contribution in [0.1, 0.15) is 35.7 Å². The van der Waals surface area contributed by atoms with E-state index in [2.05, 4.69) is 5.32 Å². The molecular weight excluding hydrogens is 368 g/mol. The molecule has 6 nitrogen and oxygen atoms in total. The first-order chi connectivity index (χ1) is 12.8. The second kappa shape index (κ2) is 7.25. The largest absolute Gasteiger partial charge is 0.545 e. The molecule has 0 spiro atoms. The molecule has 1 aliphatic heterocycles. The lowest BCUT2D eigenvalue weighted by Crippen LogP contribution is -2.32. The molecule has 7 heteroatoms. The predicted molar refractivity (Wildman–Crippen MR) is 100 cm³/mol. The monoisotopic (exact) mass is 383 g/mol. The molecule has 0 saturated carbocycles. The molecule has 2 aromatic carbocycles. The normalized spacial score (nSPS) is 14.3. The molecule has 27 heavy (non-hydrogen) atoms. The van der Waals surface area contributed by atoms with Crippen LogP contribution in [0.25, 0.3) is 0 Å². The number of halogens is 1. The Bertz CT molecular complexity index is 964. The van der Waals surface area contributed by atoms with E-state index in [9.17, 15) is 19.5 Å². The molecule has 0 aliphatic carbocycles. The zero-order valence-electron chi connectivity index (χ0n) is 14.7. The van der Waals surface area contributed by atoms with Crippen molar-refractivity contribution >= 4 is 40.8 Å². The summed E-state index contributed by atoms with van der Waals surface area (Å²) < 4.78 is 0. The number of hydrogen-bond donors (Lipinski definition) is 1. The van der Waals surface area contributed by atoms with E-state index in [0.29, 0.717) is 17.3 Å². The van der Waals surface area contributed by atoms with Crippen molar-refractivity contribution in [1.29, 1.82) is 0 Å². The van der Waals surface area contributed by atoms with Crippen LogP contribution in [0.4, 0.5) is 11.4 Å². The molecule has 2 aromatic rings. The third kappa shape index (κ3) is 3.57. The van der Waals surface area contributed by atoms with Gasteiger partial charge in [-0.25, -0.2) is 4.90 Å². The maximum Gasteiger partial charge on any atom is 0.283 e. The number of anilines is 2. The Kier molecular flexibility index (Phi) is 5.01. The van der Waals surface area contributed by atoms with Crippen LogP contribution in [0.15, 0.2) is 59.3 Å². The first-order valence-electron chi connectivity index (χ1n) is 8.26.